The van der Waals surface area contributed by atoms with Crippen molar-refractivity contribution in [1.29, 1.82) is 0 Å². The zero-order chi connectivity index (χ0) is 12.8. The van der Waals surface area contributed by atoms with Crippen LogP contribution in [0.4, 0.5) is 4.39 Å². The quantitative estimate of drug-likeness (QED) is 0.716. The van der Waals surface area contributed by atoms with Crippen LogP contribution >= 0.6 is 0 Å². The van der Waals surface area contributed by atoms with Gasteiger partial charge in [0.15, 0.2) is 0 Å². The van der Waals surface area contributed by atoms with E-state index in [1.54, 1.807) is 12.1 Å². The molecule has 0 saturated heterocycles. The van der Waals surface area contributed by atoms with Crippen LogP contribution in [0.5, 0.6) is 0 Å². The maximum atomic E-state index is 13.4. The third-order valence-electron chi connectivity index (χ3n) is 3.28. The van der Waals surface area contributed by atoms with Gasteiger partial charge in [0.2, 0.25) is 0 Å². The fourth-order valence-corrected chi connectivity index (χ4v) is 1.91. The summed E-state index contributed by atoms with van der Waals surface area (Å²) in [5.41, 5.74) is 0.639. The normalized spacial score (nSPS) is 16.8. The molecular weight excluding hydrogens is 229 g/mol. The molecule has 2 rings (SSSR count). The fourth-order valence-electron chi connectivity index (χ4n) is 1.91. The molecule has 1 N–H and O–H groups in total. The lowest BCUT2D eigenvalue weighted by atomic mass is 10.2. The zero-order valence-electron chi connectivity index (χ0n) is 11.0. The van der Waals surface area contributed by atoms with Gasteiger partial charge >= 0.3 is 0 Å². The van der Waals surface area contributed by atoms with Crippen LogP contribution < -0.4 is 5.32 Å². The van der Waals surface area contributed by atoms with E-state index in [0.29, 0.717) is 12.2 Å². The summed E-state index contributed by atoms with van der Waals surface area (Å²) in [7, 11) is 0. The summed E-state index contributed by atoms with van der Waals surface area (Å²) in [5, 5.41) is 3.48. The lowest BCUT2D eigenvalue weighted by Crippen LogP contribution is -2.19. The van der Waals surface area contributed by atoms with Gasteiger partial charge in [-0.05, 0) is 45.2 Å². The van der Waals surface area contributed by atoms with Crippen LogP contribution in [-0.4, -0.2) is 18.7 Å². The molecule has 1 atom stereocenters. The van der Waals surface area contributed by atoms with Crippen molar-refractivity contribution in [1.82, 2.24) is 5.32 Å². The molecule has 2 nitrogen and oxygen atoms in total. The second-order valence-corrected chi connectivity index (χ2v) is 5.08. The van der Waals surface area contributed by atoms with E-state index in [-0.39, 0.29) is 11.9 Å². The molecule has 0 aromatic heterocycles. The van der Waals surface area contributed by atoms with Crippen LogP contribution in [0, 0.1) is 5.82 Å². The van der Waals surface area contributed by atoms with E-state index in [0.717, 1.165) is 25.4 Å². The minimum atomic E-state index is -0.180. The third kappa shape index (κ3) is 4.75. The van der Waals surface area contributed by atoms with Crippen molar-refractivity contribution in [3.63, 3.8) is 0 Å². The van der Waals surface area contributed by atoms with Gasteiger partial charge in [-0.25, -0.2) is 4.39 Å². The molecule has 1 aliphatic rings. The lowest BCUT2D eigenvalue weighted by Gasteiger charge is -2.13. The summed E-state index contributed by atoms with van der Waals surface area (Å²) in [4.78, 5) is 0. The van der Waals surface area contributed by atoms with Crippen LogP contribution in [0.15, 0.2) is 24.3 Å². The maximum Gasteiger partial charge on any atom is 0.128 e. The third-order valence-corrected chi connectivity index (χ3v) is 3.28. The Morgan fingerprint density at radius 1 is 1.39 bits per heavy atom. The first kappa shape index (κ1) is 13.5. The smallest absolute Gasteiger partial charge is 0.128 e. The van der Waals surface area contributed by atoms with Crippen LogP contribution in [0.1, 0.15) is 38.2 Å². The highest BCUT2D eigenvalue weighted by molar-refractivity contribution is 5.16. The van der Waals surface area contributed by atoms with Crippen molar-refractivity contribution in [2.45, 2.75) is 51.4 Å². The number of ether oxygens (including phenoxy) is 1. The molecule has 1 saturated carbocycles. The highest BCUT2D eigenvalue weighted by atomic mass is 19.1. The summed E-state index contributed by atoms with van der Waals surface area (Å²) in [5.74, 6) is -0.180. The molecular formula is C15H22FNO. The minimum absolute atomic E-state index is 0.180. The van der Waals surface area contributed by atoms with Gasteiger partial charge in [-0.2, -0.15) is 0 Å². The van der Waals surface area contributed by atoms with Gasteiger partial charge in [0.05, 0.1) is 12.7 Å². The monoisotopic (exact) mass is 251 g/mol. The number of halogens is 1. The summed E-state index contributed by atoms with van der Waals surface area (Å²) in [6.45, 7) is 3.49. The maximum absolute atomic E-state index is 13.4. The second-order valence-electron chi connectivity index (χ2n) is 5.08. The van der Waals surface area contributed by atoms with Crippen LogP contribution in [0.25, 0.3) is 0 Å². The van der Waals surface area contributed by atoms with E-state index < -0.39 is 0 Å². The van der Waals surface area contributed by atoms with Gasteiger partial charge in [0, 0.05) is 11.6 Å². The average molecular weight is 251 g/mol. The first-order chi connectivity index (χ1) is 8.75. The van der Waals surface area contributed by atoms with Gasteiger partial charge in [-0.1, -0.05) is 18.2 Å². The van der Waals surface area contributed by atoms with Gasteiger partial charge in [0.1, 0.15) is 5.82 Å². The standard InChI is InChI=1S/C15H22FNO/c1-12(5-4-10-17-14-8-9-14)18-11-13-6-2-3-7-15(13)16/h2-3,6-7,12,14,17H,4-5,8-11H2,1H3. The Morgan fingerprint density at radius 2 is 2.17 bits per heavy atom. The van der Waals surface area contributed by atoms with Crippen molar-refractivity contribution in [2.75, 3.05) is 6.54 Å². The Morgan fingerprint density at radius 3 is 2.89 bits per heavy atom. The van der Waals surface area contributed by atoms with E-state index in [1.807, 2.05) is 6.07 Å². The lowest BCUT2D eigenvalue weighted by molar-refractivity contribution is 0.0448. The molecule has 1 fully saturated rings. The highest BCUT2D eigenvalue weighted by Crippen LogP contribution is 2.18. The molecule has 1 aromatic rings. The van der Waals surface area contributed by atoms with Gasteiger partial charge in [-0.15, -0.1) is 0 Å². The number of benzene rings is 1. The minimum Gasteiger partial charge on any atom is -0.374 e. The average Bonchev–Trinajstić information content (AvgIpc) is 3.18. The fraction of sp³-hybridized carbons (Fsp3) is 0.600. The SMILES string of the molecule is CC(CCCNC1CC1)OCc1ccccc1F. The van der Waals surface area contributed by atoms with E-state index in [9.17, 15) is 4.39 Å². The molecule has 1 aromatic carbocycles. The van der Waals surface area contributed by atoms with Crippen molar-refractivity contribution in [3.05, 3.63) is 35.6 Å². The molecule has 1 unspecified atom stereocenters. The molecule has 100 valence electrons. The Labute approximate surface area is 109 Å². The molecule has 0 spiro atoms. The van der Waals surface area contributed by atoms with Crippen LogP contribution in [0.3, 0.4) is 0 Å². The molecule has 0 heterocycles. The van der Waals surface area contributed by atoms with E-state index >= 15 is 0 Å². The van der Waals surface area contributed by atoms with Crippen LogP contribution in [-0.2, 0) is 11.3 Å². The Hall–Kier alpha value is -0.930. The Kier molecular flexibility index (Phi) is 5.14. The summed E-state index contributed by atoms with van der Waals surface area (Å²) >= 11 is 0. The number of rotatable bonds is 8. The molecule has 18 heavy (non-hydrogen) atoms. The van der Waals surface area contributed by atoms with Crippen molar-refractivity contribution in [3.8, 4) is 0 Å². The van der Waals surface area contributed by atoms with E-state index in [4.69, 9.17) is 4.74 Å². The van der Waals surface area contributed by atoms with Gasteiger partial charge in [-0.3, -0.25) is 0 Å². The first-order valence-corrected chi connectivity index (χ1v) is 6.84. The highest BCUT2D eigenvalue weighted by Gasteiger charge is 2.19. The first-order valence-electron chi connectivity index (χ1n) is 6.84. The zero-order valence-corrected chi connectivity index (χ0v) is 11.0. The van der Waals surface area contributed by atoms with Gasteiger partial charge in [0.25, 0.3) is 0 Å². The summed E-state index contributed by atoms with van der Waals surface area (Å²) < 4.78 is 19.0. The van der Waals surface area contributed by atoms with Crippen LogP contribution in [0.2, 0.25) is 0 Å². The van der Waals surface area contributed by atoms with E-state index in [1.165, 1.54) is 18.9 Å². The summed E-state index contributed by atoms with van der Waals surface area (Å²) in [6.07, 6.45) is 4.99. The number of hydrogen-bond donors (Lipinski definition) is 1. The van der Waals surface area contributed by atoms with Crippen molar-refractivity contribution in [2.24, 2.45) is 0 Å². The topological polar surface area (TPSA) is 21.3 Å². The number of hydrogen-bond acceptors (Lipinski definition) is 2. The molecule has 0 radical (unpaired) electrons. The van der Waals surface area contributed by atoms with Crippen molar-refractivity contribution >= 4 is 0 Å². The Bertz CT molecular complexity index is 365. The second kappa shape index (κ2) is 6.86. The molecule has 1 aliphatic carbocycles. The predicted molar refractivity (Wildman–Crippen MR) is 70.9 cm³/mol. The summed E-state index contributed by atoms with van der Waals surface area (Å²) in [6, 6.07) is 7.57. The molecule has 0 aliphatic heterocycles. The van der Waals surface area contributed by atoms with Crippen molar-refractivity contribution < 1.29 is 9.13 Å². The van der Waals surface area contributed by atoms with E-state index in [2.05, 4.69) is 12.2 Å². The predicted octanol–water partition coefficient (Wildman–Crippen LogP) is 3.26. The molecule has 0 bridgehead atoms. The number of nitrogens with one attached hydrogen (secondary N) is 1. The van der Waals surface area contributed by atoms with Gasteiger partial charge < -0.3 is 10.1 Å². The Balaban J connectivity index is 1.58. The molecule has 0 amide bonds. The largest absolute Gasteiger partial charge is 0.374 e. The molecule has 3 heteroatoms.